The van der Waals surface area contributed by atoms with Gasteiger partial charge in [0.15, 0.2) is 0 Å². The fourth-order valence-corrected chi connectivity index (χ4v) is 4.03. The van der Waals surface area contributed by atoms with E-state index in [2.05, 4.69) is 34.4 Å². The van der Waals surface area contributed by atoms with Crippen molar-refractivity contribution in [2.24, 2.45) is 7.05 Å². The zero-order valence-corrected chi connectivity index (χ0v) is 18.8. The molecule has 1 saturated heterocycles. The van der Waals surface area contributed by atoms with Gasteiger partial charge < -0.3 is 10.2 Å². The number of benzene rings is 1. The van der Waals surface area contributed by atoms with Crippen LogP contribution in [-0.4, -0.2) is 57.1 Å². The van der Waals surface area contributed by atoms with Crippen LogP contribution in [0.25, 0.3) is 5.69 Å². The van der Waals surface area contributed by atoms with Gasteiger partial charge in [0.25, 0.3) is 5.91 Å². The van der Waals surface area contributed by atoms with Gasteiger partial charge in [-0.15, -0.1) is 0 Å². The van der Waals surface area contributed by atoms with Crippen LogP contribution in [0.4, 0.5) is 11.6 Å². The second-order valence-electron chi connectivity index (χ2n) is 8.23. The van der Waals surface area contributed by atoms with Gasteiger partial charge in [0.1, 0.15) is 17.2 Å². The number of amides is 1. The number of hydrogen-bond acceptors (Lipinski definition) is 5. The summed E-state index contributed by atoms with van der Waals surface area (Å²) in [6, 6.07) is 10.1. The molecule has 1 amide bonds. The Balaban J connectivity index is 1.65. The number of aromatic nitrogens is 4. The Morgan fingerprint density at radius 1 is 1.19 bits per heavy atom. The molecule has 2 aromatic heterocycles. The molecule has 1 aliphatic rings. The minimum atomic E-state index is -0.190. The van der Waals surface area contributed by atoms with E-state index in [9.17, 15) is 4.79 Å². The zero-order valence-electron chi connectivity index (χ0n) is 18.8. The molecule has 0 radical (unpaired) electrons. The van der Waals surface area contributed by atoms with Crippen molar-refractivity contribution >= 4 is 17.5 Å². The van der Waals surface area contributed by atoms with E-state index in [1.807, 2.05) is 48.8 Å². The van der Waals surface area contributed by atoms with E-state index in [-0.39, 0.29) is 5.91 Å². The lowest BCUT2D eigenvalue weighted by atomic mass is 10.2. The average Bonchev–Trinajstić information content (AvgIpc) is 3.49. The predicted molar refractivity (Wildman–Crippen MR) is 123 cm³/mol. The maximum Gasteiger partial charge on any atom is 0.262 e. The largest absolute Gasteiger partial charge is 0.360 e. The first-order valence-corrected chi connectivity index (χ1v) is 10.9. The summed E-state index contributed by atoms with van der Waals surface area (Å²) in [4.78, 5) is 17.6. The first-order valence-electron chi connectivity index (χ1n) is 10.9. The van der Waals surface area contributed by atoms with Crippen LogP contribution in [-0.2, 0) is 13.6 Å². The van der Waals surface area contributed by atoms with Crippen molar-refractivity contribution < 1.29 is 4.79 Å². The van der Waals surface area contributed by atoms with Gasteiger partial charge in [0, 0.05) is 33.3 Å². The first-order chi connectivity index (χ1) is 15.0. The van der Waals surface area contributed by atoms with Crippen LogP contribution in [0.3, 0.4) is 0 Å². The molecule has 1 aliphatic heterocycles. The number of anilines is 2. The molecule has 8 nitrogen and oxygen atoms in total. The first kappa shape index (κ1) is 21.1. The third-order valence-electron chi connectivity index (χ3n) is 5.85. The number of aryl methyl sites for hydroxylation is 2. The van der Waals surface area contributed by atoms with E-state index in [0.29, 0.717) is 11.4 Å². The number of nitrogens with one attached hydrogen (secondary N) is 1. The number of likely N-dealkylation sites (tertiary alicyclic amines) is 1. The van der Waals surface area contributed by atoms with E-state index in [1.165, 1.54) is 18.4 Å². The molecule has 164 valence electrons. The summed E-state index contributed by atoms with van der Waals surface area (Å²) in [5.41, 5.74) is 3.60. The molecule has 3 aromatic rings. The third-order valence-corrected chi connectivity index (χ3v) is 5.85. The fraction of sp³-hybridized carbons (Fsp3) is 0.435. The van der Waals surface area contributed by atoms with Crippen molar-refractivity contribution in [3.8, 4) is 5.69 Å². The lowest BCUT2D eigenvalue weighted by Crippen LogP contribution is -2.23. The van der Waals surface area contributed by atoms with Crippen LogP contribution in [0, 0.1) is 6.92 Å². The average molecular weight is 422 g/mol. The van der Waals surface area contributed by atoms with Gasteiger partial charge in [-0.25, -0.2) is 4.68 Å². The van der Waals surface area contributed by atoms with E-state index < -0.39 is 0 Å². The summed E-state index contributed by atoms with van der Waals surface area (Å²) < 4.78 is 3.55. The van der Waals surface area contributed by atoms with Crippen molar-refractivity contribution in [2.75, 3.05) is 36.9 Å². The van der Waals surface area contributed by atoms with Crippen molar-refractivity contribution in [1.82, 2.24) is 24.5 Å². The van der Waals surface area contributed by atoms with E-state index >= 15 is 0 Å². The van der Waals surface area contributed by atoms with Gasteiger partial charge in [-0.05, 0) is 51.9 Å². The number of hydrogen-bond donors (Lipinski definition) is 1. The Labute approximate surface area is 183 Å². The van der Waals surface area contributed by atoms with E-state index in [1.54, 1.807) is 10.9 Å². The molecule has 0 unspecified atom stereocenters. The highest BCUT2D eigenvalue weighted by molar-refractivity contribution is 6.07. The van der Waals surface area contributed by atoms with Crippen LogP contribution >= 0.6 is 0 Å². The van der Waals surface area contributed by atoms with Gasteiger partial charge in [-0.3, -0.25) is 14.4 Å². The molecular weight excluding hydrogens is 390 g/mol. The molecule has 1 N–H and O–H groups in total. The smallest absolute Gasteiger partial charge is 0.262 e. The molecule has 31 heavy (non-hydrogen) atoms. The van der Waals surface area contributed by atoms with Gasteiger partial charge in [-0.1, -0.05) is 17.7 Å². The summed E-state index contributed by atoms with van der Waals surface area (Å²) in [5.74, 6) is 1.26. The number of carbonyl (C=O) groups is 1. The molecule has 8 heteroatoms. The minimum Gasteiger partial charge on any atom is -0.360 e. The van der Waals surface area contributed by atoms with Gasteiger partial charge in [-0.2, -0.15) is 10.2 Å². The summed E-state index contributed by atoms with van der Waals surface area (Å²) >= 11 is 0. The second-order valence-corrected chi connectivity index (χ2v) is 8.23. The van der Waals surface area contributed by atoms with Crippen LogP contribution in [0.5, 0.6) is 0 Å². The Hall–Kier alpha value is -3.13. The number of nitrogens with zero attached hydrogens (tertiary/aromatic N) is 6. The van der Waals surface area contributed by atoms with Crippen LogP contribution in [0.15, 0.2) is 36.5 Å². The summed E-state index contributed by atoms with van der Waals surface area (Å²) in [7, 11) is 3.81. The number of rotatable bonds is 7. The summed E-state index contributed by atoms with van der Waals surface area (Å²) in [6.45, 7) is 7.87. The SMILES string of the molecule is CCN(C)c1c(C(=O)Nc2cc(CN3CCCC3)nn2-c2ccc(C)cc2)cnn1C. The Bertz CT molecular complexity index is 1040. The van der Waals surface area contributed by atoms with E-state index in [0.717, 1.165) is 43.4 Å². The lowest BCUT2D eigenvalue weighted by molar-refractivity contribution is 0.102. The number of carbonyl (C=O) groups excluding carboxylic acids is 1. The molecule has 0 aliphatic carbocycles. The Kier molecular flexibility index (Phi) is 6.08. The van der Waals surface area contributed by atoms with Gasteiger partial charge in [0.05, 0.1) is 17.6 Å². The van der Waals surface area contributed by atoms with Gasteiger partial charge in [0.2, 0.25) is 0 Å². The maximum absolute atomic E-state index is 13.2. The van der Waals surface area contributed by atoms with Crippen LogP contribution in [0.2, 0.25) is 0 Å². The topological polar surface area (TPSA) is 71.2 Å². The fourth-order valence-electron chi connectivity index (χ4n) is 4.03. The second kappa shape index (κ2) is 8.93. The molecule has 0 spiro atoms. The van der Waals surface area contributed by atoms with Crippen LogP contribution < -0.4 is 10.2 Å². The molecule has 0 atom stereocenters. The maximum atomic E-state index is 13.2. The Morgan fingerprint density at radius 2 is 1.90 bits per heavy atom. The summed E-state index contributed by atoms with van der Waals surface area (Å²) in [5, 5.41) is 12.2. The van der Waals surface area contributed by atoms with Crippen molar-refractivity contribution in [2.45, 2.75) is 33.2 Å². The quantitative estimate of drug-likeness (QED) is 0.634. The van der Waals surface area contributed by atoms with Crippen molar-refractivity contribution in [1.29, 1.82) is 0 Å². The normalized spacial score (nSPS) is 14.2. The molecule has 1 aromatic carbocycles. The molecule has 0 bridgehead atoms. The molecule has 4 rings (SSSR count). The highest BCUT2D eigenvalue weighted by Gasteiger charge is 2.22. The minimum absolute atomic E-state index is 0.190. The Morgan fingerprint density at radius 3 is 2.58 bits per heavy atom. The molecule has 1 fully saturated rings. The molecule has 0 saturated carbocycles. The molecule has 3 heterocycles. The highest BCUT2D eigenvalue weighted by atomic mass is 16.1. The van der Waals surface area contributed by atoms with Crippen LogP contribution in [0.1, 0.15) is 41.4 Å². The predicted octanol–water partition coefficient (Wildman–Crippen LogP) is 3.22. The molecular formula is C23H31N7O. The highest BCUT2D eigenvalue weighted by Crippen LogP contribution is 2.23. The standard InChI is InChI=1S/C23H31N7O/c1-5-27(3)23-20(15-24-28(23)4)22(31)25-21-14-18(16-29-12-6-7-13-29)26-30(21)19-10-8-17(2)9-11-19/h8-11,14-15H,5-7,12-13,16H2,1-4H3,(H,25,31). The van der Waals surface area contributed by atoms with Crippen molar-refractivity contribution in [3.63, 3.8) is 0 Å². The van der Waals surface area contributed by atoms with Gasteiger partial charge >= 0.3 is 0 Å². The van der Waals surface area contributed by atoms with Crippen molar-refractivity contribution in [3.05, 3.63) is 53.3 Å². The summed E-state index contributed by atoms with van der Waals surface area (Å²) in [6.07, 6.45) is 4.09. The lowest BCUT2D eigenvalue weighted by Gasteiger charge is -2.18. The zero-order chi connectivity index (χ0) is 22.0. The third kappa shape index (κ3) is 4.49. The van der Waals surface area contributed by atoms with E-state index in [4.69, 9.17) is 5.10 Å². The monoisotopic (exact) mass is 421 g/mol.